The molecular weight excluding hydrogens is 440 g/mol. The fourth-order valence-electron chi connectivity index (χ4n) is 3.54. The molecular formula is C19H34N6O8. The van der Waals surface area contributed by atoms with Gasteiger partial charge in [0.15, 0.2) is 0 Å². The molecule has 14 heteroatoms. The zero-order chi connectivity index (χ0) is 24.6. The van der Waals surface area contributed by atoms with Crippen LogP contribution in [0.5, 0.6) is 0 Å². The van der Waals surface area contributed by atoms with Crippen LogP contribution in [0.4, 0.5) is 0 Å². The number of aliphatic carboxylic acids is 3. The Morgan fingerprint density at radius 2 is 1.03 bits per heavy atom. The molecule has 0 radical (unpaired) electrons. The summed E-state index contributed by atoms with van der Waals surface area (Å²) in [6, 6.07) is 0. The van der Waals surface area contributed by atoms with E-state index < -0.39 is 17.9 Å². The van der Waals surface area contributed by atoms with Gasteiger partial charge in [-0.1, -0.05) is 12.8 Å². The van der Waals surface area contributed by atoms with Gasteiger partial charge < -0.3 is 26.0 Å². The summed E-state index contributed by atoms with van der Waals surface area (Å²) in [5, 5.41) is 32.9. The van der Waals surface area contributed by atoms with E-state index in [1.165, 1.54) is 14.7 Å². The molecule has 0 saturated carbocycles. The Bertz CT molecular complexity index is 636. The first-order chi connectivity index (χ1) is 15.7. The number of nitrogens with one attached hydrogen (secondary N) is 2. The van der Waals surface area contributed by atoms with Gasteiger partial charge in [0.1, 0.15) is 0 Å². The Morgan fingerprint density at radius 3 is 1.42 bits per heavy atom. The van der Waals surface area contributed by atoms with Crippen LogP contribution in [0.25, 0.3) is 0 Å². The summed E-state index contributed by atoms with van der Waals surface area (Å²) in [4.78, 5) is 62.2. The van der Waals surface area contributed by atoms with Gasteiger partial charge in [-0.05, 0) is 12.8 Å². The predicted molar refractivity (Wildman–Crippen MR) is 115 cm³/mol. The minimum absolute atomic E-state index is 0.00814. The average Bonchev–Trinajstić information content (AvgIpc) is 2.67. The summed E-state index contributed by atoms with van der Waals surface area (Å²) in [7, 11) is 0. The zero-order valence-electron chi connectivity index (χ0n) is 18.6. The number of nitrogens with zero attached hydrogens (tertiary/aromatic N) is 4. The normalized spacial score (nSPS) is 16.5. The van der Waals surface area contributed by atoms with Crippen molar-refractivity contribution in [2.45, 2.75) is 25.7 Å². The standard InChI is InChI=1S/C19H34N6O8/c26-11-20-5-3-1-2-4-6-21-16(27)7-22-12-23(8-17(28)29)14-25(10-19(32)33)15-24(13-22)9-18(30)31/h11H,1-10,12-15H2,(H,20,26)(H,21,27)(H,28,29)(H,30,31)(H,32,33). The number of carbonyl (C=O) groups excluding carboxylic acids is 2. The number of hydrogen-bond acceptors (Lipinski definition) is 9. The van der Waals surface area contributed by atoms with Crippen molar-refractivity contribution in [3.05, 3.63) is 0 Å². The topological polar surface area (TPSA) is 183 Å². The van der Waals surface area contributed by atoms with Crippen LogP contribution in [0, 0.1) is 0 Å². The lowest BCUT2D eigenvalue weighted by Gasteiger charge is -2.40. The fraction of sp³-hybridized carbons (Fsp3) is 0.737. The van der Waals surface area contributed by atoms with Crippen LogP contribution in [0.3, 0.4) is 0 Å². The van der Waals surface area contributed by atoms with Crippen LogP contribution >= 0.6 is 0 Å². The van der Waals surface area contributed by atoms with Crippen LogP contribution in [-0.2, 0) is 24.0 Å². The van der Waals surface area contributed by atoms with Gasteiger partial charge in [0.25, 0.3) is 0 Å². The molecule has 33 heavy (non-hydrogen) atoms. The van der Waals surface area contributed by atoms with Gasteiger partial charge in [-0.15, -0.1) is 0 Å². The lowest BCUT2D eigenvalue weighted by atomic mass is 10.2. The summed E-state index contributed by atoms with van der Waals surface area (Å²) in [5.41, 5.74) is 0. The quantitative estimate of drug-likeness (QED) is 0.119. The molecule has 2 amide bonds. The van der Waals surface area contributed by atoms with Crippen molar-refractivity contribution in [3.8, 4) is 0 Å². The zero-order valence-corrected chi connectivity index (χ0v) is 18.6. The van der Waals surface area contributed by atoms with Gasteiger partial charge in [-0.3, -0.25) is 43.6 Å². The Morgan fingerprint density at radius 1 is 0.636 bits per heavy atom. The van der Waals surface area contributed by atoms with Crippen molar-refractivity contribution in [2.75, 3.05) is 65.9 Å². The summed E-state index contributed by atoms with van der Waals surface area (Å²) >= 11 is 0. The lowest BCUT2D eigenvalue weighted by Crippen LogP contribution is -2.58. The van der Waals surface area contributed by atoms with E-state index >= 15 is 0 Å². The van der Waals surface area contributed by atoms with E-state index in [4.69, 9.17) is 5.11 Å². The highest BCUT2D eigenvalue weighted by Gasteiger charge is 2.27. The predicted octanol–water partition coefficient (Wildman–Crippen LogP) is -2.29. The second-order valence-corrected chi connectivity index (χ2v) is 7.90. The highest BCUT2D eigenvalue weighted by atomic mass is 16.4. The van der Waals surface area contributed by atoms with E-state index in [1.807, 2.05) is 0 Å². The van der Waals surface area contributed by atoms with Crippen molar-refractivity contribution in [1.82, 2.24) is 30.2 Å². The number of hydrogen-bond donors (Lipinski definition) is 5. The van der Waals surface area contributed by atoms with Crippen molar-refractivity contribution < 1.29 is 39.3 Å². The molecule has 0 bridgehead atoms. The third-order valence-electron chi connectivity index (χ3n) is 4.70. The lowest BCUT2D eigenvalue weighted by molar-refractivity contribution is -0.145. The minimum atomic E-state index is -1.11. The molecule has 1 aliphatic rings. The molecule has 0 aromatic heterocycles. The molecule has 14 nitrogen and oxygen atoms in total. The molecule has 1 aliphatic heterocycles. The number of carbonyl (C=O) groups is 5. The molecule has 0 aromatic rings. The Hall–Kier alpha value is -2.81. The summed E-state index contributed by atoms with van der Waals surface area (Å²) in [6.45, 7) is 0.0276. The van der Waals surface area contributed by atoms with Crippen LogP contribution in [0.2, 0.25) is 0 Å². The monoisotopic (exact) mass is 474 g/mol. The number of carboxylic acid groups (broad SMARTS) is 3. The average molecular weight is 475 g/mol. The van der Waals surface area contributed by atoms with Gasteiger partial charge >= 0.3 is 17.9 Å². The summed E-state index contributed by atoms with van der Waals surface area (Å²) in [6.07, 6.45) is 4.10. The minimum Gasteiger partial charge on any atom is -0.480 e. The number of amides is 2. The molecule has 188 valence electrons. The second kappa shape index (κ2) is 15.9. The first-order valence-electron chi connectivity index (χ1n) is 10.7. The SMILES string of the molecule is O=CNCCCCCCNC(=O)CN1CN(CC(=O)O)CN(CC(=O)O)CN(CC(=O)O)C1. The third-order valence-corrected chi connectivity index (χ3v) is 4.70. The molecule has 0 atom stereocenters. The number of rotatable bonds is 16. The second-order valence-electron chi connectivity index (χ2n) is 7.90. The largest absolute Gasteiger partial charge is 0.480 e. The molecule has 0 unspecified atom stereocenters. The van der Waals surface area contributed by atoms with Crippen LogP contribution in [0.15, 0.2) is 0 Å². The van der Waals surface area contributed by atoms with E-state index in [0.717, 1.165) is 25.7 Å². The highest BCUT2D eigenvalue weighted by molar-refractivity contribution is 5.78. The fourth-order valence-corrected chi connectivity index (χ4v) is 3.54. The Labute approximate surface area is 192 Å². The van der Waals surface area contributed by atoms with Gasteiger partial charge in [-0.25, -0.2) is 0 Å². The van der Waals surface area contributed by atoms with Crippen molar-refractivity contribution >= 4 is 30.2 Å². The smallest absolute Gasteiger partial charge is 0.317 e. The van der Waals surface area contributed by atoms with Gasteiger partial charge in [-0.2, -0.15) is 0 Å². The molecule has 5 N–H and O–H groups in total. The van der Waals surface area contributed by atoms with E-state index in [1.54, 1.807) is 4.90 Å². The summed E-state index contributed by atoms with van der Waals surface area (Å²) < 4.78 is 0. The molecule has 0 spiro atoms. The Balaban J connectivity index is 2.64. The maximum atomic E-state index is 12.4. The maximum absolute atomic E-state index is 12.4. The van der Waals surface area contributed by atoms with E-state index in [9.17, 15) is 34.2 Å². The van der Waals surface area contributed by atoms with Gasteiger partial charge in [0.2, 0.25) is 12.3 Å². The maximum Gasteiger partial charge on any atom is 0.317 e. The molecule has 0 aromatic carbocycles. The highest BCUT2D eigenvalue weighted by Crippen LogP contribution is 2.07. The van der Waals surface area contributed by atoms with Gasteiger partial charge in [0, 0.05) is 13.1 Å². The number of unbranched alkanes of at least 4 members (excludes halogenated alkanes) is 3. The molecule has 1 fully saturated rings. The number of carboxylic acids is 3. The van der Waals surface area contributed by atoms with Crippen LogP contribution in [-0.4, -0.2) is 131 Å². The molecule has 1 rings (SSSR count). The van der Waals surface area contributed by atoms with Crippen LogP contribution in [0.1, 0.15) is 25.7 Å². The van der Waals surface area contributed by atoms with E-state index in [-0.39, 0.29) is 58.8 Å². The van der Waals surface area contributed by atoms with E-state index in [0.29, 0.717) is 19.5 Å². The Kier molecular flexibility index (Phi) is 13.6. The molecule has 0 aliphatic carbocycles. The van der Waals surface area contributed by atoms with Crippen LogP contribution < -0.4 is 10.6 Å². The summed E-state index contributed by atoms with van der Waals surface area (Å²) in [5.74, 6) is -3.58. The molecule has 1 saturated heterocycles. The van der Waals surface area contributed by atoms with E-state index in [2.05, 4.69) is 10.6 Å². The van der Waals surface area contributed by atoms with Crippen molar-refractivity contribution in [3.63, 3.8) is 0 Å². The first-order valence-corrected chi connectivity index (χ1v) is 10.7. The van der Waals surface area contributed by atoms with Crippen molar-refractivity contribution in [2.24, 2.45) is 0 Å². The van der Waals surface area contributed by atoms with Crippen molar-refractivity contribution in [1.29, 1.82) is 0 Å². The first kappa shape index (κ1) is 28.2. The molecule has 1 heterocycles. The third kappa shape index (κ3) is 14.1. The van der Waals surface area contributed by atoms with Gasteiger partial charge in [0.05, 0.1) is 52.9 Å².